The van der Waals surface area contributed by atoms with Crippen LogP contribution in [0.25, 0.3) is 27.5 Å². The van der Waals surface area contributed by atoms with Crippen LogP contribution in [0.15, 0.2) is 90.0 Å². The standard InChI is InChI=1S/C25H19N3O4S/c1-17-9-12-20(13-10-17)33(31,32)16-23-25(28(29)30)27-15-19(11-14-24(27)26-23)22-8-4-6-18-5-2-3-7-21(18)22/h2-15H,16H2,1H3. The molecule has 164 valence electrons. The highest BCUT2D eigenvalue weighted by Gasteiger charge is 2.28. The smallest absolute Gasteiger partial charge is 0.352 e. The molecule has 2 heterocycles. The van der Waals surface area contributed by atoms with Crippen molar-refractivity contribution in [3.8, 4) is 11.1 Å². The van der Waals surface area contributed by atoms with Gasteiger partial charge in [-0.2, -0.15) is 4.40 Å². The molecule has 0 aliphatic heterocycles. The van der Waals surface area contributed by atoms with E-state index in [1.807, 2.05) is 55.5 Å². The zero-order valence-corrected chi connectivity index (χ0v) is 18.5. The molecule has 0 aliphatic rings. The Balaban J connectivity index is 1.64. The maximum Gasteiger partial charge on any atom is 0.352 e. The third-order valence-electron chi connectivity index (χ3n) is 5.64. The number of sulfone groups is 1. The van der Waals surface area contributed by atoms with Gasteiger partial charge in [0.2, 0.25) is 5.65 Å². The molecule has 0 atom stereocenters. The molecular weight excluding hydrogens is 438 g/mol. The van der Waals surface area contributed by atoms with Crippen molar-refractivity contribution in [3.63, 3.8) is 0 Å². The van der Waals surface area contributed by atoms with Crippen LogP contribution in [0.1, 0.15) is 11.3 Å². The van der Waals surface area contributed by atoms with Crippen molar-refractivity contribution in [2.24, 2.45) is 0 Å². The summed E-state index contributed by atoms with van der Waals surface area (Å²) in [7, 11) is -3.81. The molecule has 33 heavy (non-hydrogen) atoms. The third-order valence-corrected chi connectivity index (χ3v) is 7.29. The first-order valence-corrected chi connectivity index (χ1v) is 11.9. The molecule has 7 nitrogen and oxygen atoms in total. The number of aryl methyl sites for hydroxylation is 1. The second-order valence-corrected chi connectivity index (χ2v) is 9.87. The van der Waals surface area contributed by atoms with Gasteiger partial charge < -0.3 is 10.1 Å². The van der Waals surface area contributed by atoms with Crippen LogP contribution in [-0.2, 0) is 15.6 Å². The summed E-state index contributed by atoms with van der Waals surface area (Å²) in [6, 6.07) is 23.7. The summed E-state index contributed by atoms with van der Waals surface area (Å²) < 4.78 is 27.2. The molecule has 0 radical (unpaired) electrons. The first-order chi connectivity index (χ1) is 15.8. The van der Waals surface area contributed by atoms with Gasteiger partial charge in [0.05, 0.1) is 4.90 Å². The van der Waals surface area contributed by atoms with Gasteiger partial charge in [-0.1, -0.05) is 60.2 Å². The Hall–Kier alpha value is -4.04. The molecule has 5 aromatic rings. The molecular formula is C25H19N3O4S. The lowest BCUT2D eigenvalue weighted by Gasteiger charge is -2.06. The number of nitrogens with zero attached hydrogens (tertiary/aromatic N) is 3. The highest BCUT2D eigenvalue weighted by atomic mass is 32.2. The van der Waals surface area contributed by atoms with Crippen molar-refractivity contribution in [2.75, 3.05) is 0 Å². The number of aromatic nitrogens is 2. The summed E-state index contributed by atoms with van der Waals surface area (Å²) in [5, 5.41) is 14.0. The van der Waals surface area contributed by atoms with E-state index < -0.39 is 20.5 Å². The third kappa shape index (κ3) is 3.74. The summed E-state index contributed by atoms with van der Waals surface area (Å²) in [5.74, 6) is -0.903. The lowest BCUT2D eigenvalue weighted by atomic mass is 9.99. The highest BCUT2D eigenvalue weighted by molar-refractivity contribution is 7.90. The van der Waals surface area contributed by atoms with Gasteiger partial charge in [-0.25, -0.2) is 13.4 Å². The SMILES string of the molecule is Cc1ccc(S(=O)(=O)Cc2nc3ccc(-c4cccc5ccccc45)cn3c2[N+](=O)[O-])cc1. The van der Waals surface area contributed by atoms with Crippen molar-refractivity contribution in [2.45, 2.75) is 17.6 Å². The number of fused-ring (bicyclic) bond motifs is 2. The predicted molar refractivity (Wildman–Crippen MR) is 127 cm³/mol. The molecule has 0 fully saturated rings. The van der Waals surface area contributed by atoms with Gasteiger partial charge in [0, 0.05) is 11.6 Å². The molecule has 0 N–H and O–H groups in total. The fraction of sp³-hybridized carbons (Fsp3) is 0.0800. The van der Waals surface area contributed by atoms with Gasteiger partial charge in [0.25, 0.3) is 0 Å². The minimum Gasteiger partial charge on any atom is -0.358 e. The molecule has 0 saturated carbocycles. The minimum absolute atomic E-state index is 0.0874. The van der Waals surface area contributed by atoms with Crippen molar-refractivity contribution in [1.82, 2.24) is 9.38 Å². The average Bonchev–Trinajstić information content (AvgIpc) is 3.15. The van der Waals surface area contributed by atoms with E-state index in [0.29, 0.717) is 5.65 Å². The number of hydrogen-bond donors (Lipinski definition) is 0. The molecule has 3 aromatic carbocycles. The summed E-state index contributed by atoms with van der Waals surface area (Å²) in [5.41, 5.74) is 2.85. The Kier molecular flexibility index (Phi) is 4.94. The van der Waals surface area contributed by atoms with E-state index in [2.05, 4.69) is 4.98 Å². The van der Waals surface area contributed by atoms with Gasteiger partial charge in [-0.05, 0) is 46.4 Å². The van der Waals surface area contributed by atoms with Crippen LogP contribution < -0.4 is 0 Å². The van der Waals surface area contributed by atoms with Gasteiger partial charge in [-0.3, -0.25) is 0 Å². The normalized spacial score (nSPS) is 11.8. The van der Waals surface area contributed by atoms with Gasteiger partial charge in [-0.15, -0.1) is 0 Å². The van der Waals surface area contributed by atoms with Crippen molar-refractivity contribution >= 4 is 32.1 Å². The van der Waals surface area contributed by atoms with Gasteiger partial charge in [0.1, 0.15) is 11.9 Å². The number of imidazole rings is 1. The molecule has 2 aromatic heterocycles. The quantitative estimate of drug-likeness (QED) is 0.262. The molecule has 0 aliphatic carbocycles. The van der Waals surface area contributed by atoms with E-state index >= 15 is 0 Å². The van der Waals surface area contributed by atoms with E-state index in [9.17, 15) is 18.5 Å². The second kappa shape index (κ2) is 7.83. The van der Waals surface area contributed by atoms with E-state index in [1.165, 1.54) is 16.5 Å². The summed E-state index contributed by atoms with van der Waals surface area (Å²) in [6.45, 7) is 1.86. The summed E-state index contributed by atoms with van der Waals surface area (Å²) in [6.07, 6.45) is 1.64. The number of nitro groups is 1. The molecule has 0 spiro atoms. The lowest BCUT2D eigenvalue weighted by molar-refractivity contribution is -0.391. The molecule has 0 amide bonds. The minimum atomic E-state index is -3.81. The van der Waals surface area contributed by atoms with E-state index in [0.717, 1.165) is 27.5 Å². The Labute approximate surface area is 190 Å². The molecule has 5 rings (SSSR count). The van der Waals surface area contributed by atoms with Crippen LogP contribution in [0.2, 0.25) is 0 Å². The Morgan fingerprint density at radius 3 is 2.42 bits per heavy atom. The molecule has 0 saturated heterocycles. The fourth-order valence-electron chi connectivity index (χ4n) is 4.02. The fourth-order valence-corrected chi connectivity index (χ4v) is 5.29. The van der Waals surface area contributed by atoms with Gasteiger partial charge in [0.15, 0.2) is 15.5 Å². The van der Waals surface area contributed by atoms with E-state index in [1.54, 1.807) is 24.4 Å². The van der Waals surface area contributed by atoms with Crippen molar-refractivity contribution in [1.29, 1.82) is 0 Å². The largest absolute Gasteiger partial charge is 0.358 e. The topological polar surface area (TPSA) is 94.6 Å². The van der Waals surface area contributed by atoms with E-state index in [-0.39, 0.29) is 16.4 Å². The van der Waals surface area contributed by atoms with Crippen molar-refractivity contribution in [3.05, 3.63) is 106 Å². The maximum atomic E-state index is 12.9. The van der Waals surface area contributed by atoms with Crippen LogP contribution in [0, 0.1) is 17.0 Å². The Morgan fingerprint density at radius 2 is 1.67 bits per heavy atom. The zero-order chi connectivity index (χ0) is 23.2. The van der Waals surface area contributed by atoms with Crippen LogP contribution in [0.3, 0.4) is 0 Å². The van der Waals surface area contributed by atoms with Crippen LogP contribution in [0.5, 0.6) is 0 Å². The van der Waals surface area contributed by atoms with E-state index in [4.69, 9.17) is 0 Å². The zero-order valence-electron chi connectivity index (χ0n) is 17.7. The first-order valence-electron chi connectivity index (χ1n) is 10.3. The highest BCUT2D eigenvalue weighted by Crippen LogP contribution is 2.31. The molecule has 0 unspecified atom stereocenters. The summed E-state index contributed by atoms with van der Waals surface area (Å²) >= 11 is 0. The Morgan fingerprint density at radius 1 is 0.939 bits per heavy atom. The average molecular weight is 458 g/mol. The lowest BCUT2D eigenvalue weighted by Crippen LogP contribution is -2.07. The van der Waals surface area contributed by atoms with Crippen LogP contribution in [-0.4, -0.2) is 22.7 Å². The number of hydrogen-bond acceptors (Lipinski definition) is 5. The van der Waals surface area contributed by atoms with Gasteiger partial charge >= 0.3 is 5.82 Å². The monoisotopic (exact) mass is 457 g/mol. The number of benzene rings is 3. The molecule has 8 heteroatoms. The predicted octanol–water partition coefficient (Wildman–Crippen LogP) is 5.35. The molecule has 0 bridgehead atoms. The first kappa shape index (κ1) is 20.8. The van der Waals surface area contributed by atoms with Crippen LogP contribution in [0.4, 0.5) is 5.82 Å². The maximum absolute atomic E-state index is 12.9. The van der Waals surface area contributed by atoms with Crippen molar-refractivity contribution < 1.29 is 13.3 Å². The van der Waals surface area contributed by atoms with Crippen LogP contribution >= 0.6 is 0 Å². The second-order valence-electron chi connectivity index (χ2n) is 7.88. The Bertz CT molecular complexity index is 1630. The number of rotatable bonds is 5. The number of pyridine rings is 1. The summed E-state index contributed by atoms with van der Waals surface area (Å²) in [4.78, 5) is 15.8.